The van der Waals surface area contributed by atoms with Gasteiger partial charge in [0.25, 0.3) is 5.91 Å². The monoisotopic (exact) mass is 272 g/mol. The molecule has 1 aromatic heterocycles. The normalized spacial score (nSPS) is 10.6. The average Bonchev–Trinajstić information content (AvgIpc) is 2.84. The molecule has 0 radical (unpaired) electrons. The number of aromatic nitrogens is 2. The summed E-state index contributed by atoms with van der Waals surface area (Å²) in [7, 11) is 3.66. The fourth-order valence-electron chi connectivity index (χ4n) is 2.21. The van der Waals surface area contributed by atoms with Gasteiger partial charge in [-0.25, -0.2) is 0 Å². The quantitative estimate of drug-likeness (QED) is 0.889. The predicted octanol–water partition coefficient (Wildman–Crippen LogP) is 1.19. The number of carbonyl (C=O) groups is 1. The summed E-state index contributed by atoms with van der Waals surface area (Å²) in [6.45, 7) is 1.08. The second-order valence-electron chi connectivity index (χ2n) is 4.88. The highest BCUT2D eigenvalue weighted by atomic mass is 16.2. The standard InChI is InChI=1S/C15H20N4O/c1-18(10-12-9-17-19(2)11-12)15(20)14-6-4-3-5-13(14)7-8-16/h3-6,9,11H,7-8,10,16H2,1-2H3. The predicted molar refractivity (Wildman–Crippen MR) is 78.2 cm³/mol. The van der Waals surface area contributed by atoms with Crippen molar-refractivity contribution in [3.63, 3.8) is 0 Å². The van der Waals surface area contributed by atoms with Crippen LogP contribution in [0.1, 0.15) is 21.5 Å². The first-order valence-corrected chi connectivity index (χ1v) is 6.62. The van der Waals surface area contributed by atoms with E-state index in [2.05, 4.69) is 5.10 Å². The van der Waals surface area contributed by atoms with Gasteiger partial charge in [-0.1, -0.05) is 18.2 Å². The van der Waals surface area contributed by atoms with Gasteiger partial charge in [0.15, 0.2) is 0 Å². The summed E-state index contributed by atoms with van der Waals surface area (Å²) in [6.07, 6.45) is 4.40. The largest absolute Gasteiger partial charge is 0.337 e. The highest BCUT2D eigenvalue weighted by Gasteiger charge is 2.15. The van der Waals surface area contributed by atoms with Crippen LogP contribution < -0.4 is 5.73 Å². The van der Waals surface area contributed by atoms with Crippen molar-refractivity contribution in [3.05, 3.63) is 53.3 Å². The highest BCUT2D eigenvalue weighted by Crippen LogP contribution is 2.13. The molecule has 0 aliphatic rings. The summed E-state index contributed by atoms with van der Waals surface area (Å²) in [6, 6.07) is 7.62. The van der Waals surface area contributed by atoms with Gasteiger partial charge in [0.05, 0.1) is 6.20 Å². The molecule has 1 heterocycles. The number of amides is 1. The molecule has 5 nitrogen and oxygen atoms in total. The van der Waals surface area contributed by atoms with E-state index in [0.717, 1.165) is 16.7 Å². The van der Waals surface area contributed by atoms with Crippen LogP contribution in [0.15, 0.2) is 36.7 Å². The topological polar surface area (TPSA) is 64.2 Å². The lowest BCUT2D eigenvalue weighted by molar-refractivity contribution is 0.0784. The Balaban J connectivity index is 2.14. The van der Waals surface area contributed by atoms with Crippen molar-refractivity contribution in [3.8, 4) is 0 Å². The van der Waals surface area contributed by atoms with Crippen molar-refractivity contribution in [1.82, 2.24) is 14.7 Å². The molecule has 106 valence electrons. The maximum absolute atomic E-state index is 12.5. The van der Waals surface area contributed by atoms with E-state index in [-0.39, 0.29) is 5.91 Å². The van der Waals surface area contributed by atoms with Crippen LogP contribution in [0.4, 0.5) is 0 Å². The molecule has 0 spiro atoms. The van der Waals surface area contributed by atoms with E-state index in [1.165, 1.54) is 0 Å². The Morgan fingerprint density at radius 1 is 1.40 bits per heavy atom. The summed E-state index contributed by atoms with van der Waals surface area (Å²) >= 11 is 0. The summed E-state index contributed by atoms with van der Waals surface area (Å²) in [4.78, 5) is 14.2. The molecule has 1 aromatic carbocycles. The summed E-state index contributed by atoms with van der Waals surface area (Å²) in [5, 5.41) is 4.11. The summed E-state index contributed by atoms with van der Waals surface area (Å²) in [5.74, 6) is 0.0119. The van der Waals surface area contributed by atoms with E-state index in [1.807, 2.05) is 37.5 Å². The number of benzene rings is 1. The van der Waals surface area contributed by atoms with E-state index < -0.39 is 0 Å². The molecule has 1 amide bonds. The van der Waals surface area contributed by atoms with Gasteiger partial charge in [0, 0.05) is 38.0 Å². The maximum atomic E-state index is 12.5. The molecular weight excluding hydrogens is 252 g/mol. The van der Waals surface area contributed by atoms with Gasteiger partial charge in [-0.2, -0.15) is 5.10 Å². The lowest BCUT2D eigenvalue weighted by Gasteiger charge is -2.18. The number of aryl methyl sites for hydroxylation is 1. The fraction of sp³-hybridized carbons (Fsp3) is 0.333. The molecule has 0 saturated carbocycles. The maximum Gasteiger partial charge on any atom is 0.254 e. The van der Waals surface area contributed by atoms with Crippen molar-refractivity contribution >= 4 is 5.91 Å². The fourth-order valence-corrected chi connectivity index (χ4v) is 2.21. The van der Waals surface area contributed by atoms with Crippen LogP contribution in [0.2, 0.25) is 0 Å². The third-order valence-corrected chi connectivity index (χ3v) is 3.19. The molecule has 2 rings (SSSR count). The smallest absolute Gasteiger partial charge is 0.254 e. The van der Waals surface area contributed by atoms with E-state index in [4.69, 9.17) is 5.73 Å². The molecule has 0 unspecified atom stereocenters. The lowest BCUT2D eigenvalue weighted by Crippen LogP contribution is -2.27. The zero-order valence-corrected chi connectivity index (χ0v) is 11.9. The number of hydrogen-bond acceptors (Lipinski definition) is 3. The second-order valence-corrected chi connectivity index (χ2v) is 4.88. The molecule has 0 saturated heterocycles. The van der Waals surface area contributed by atoms with Crippen molar-refractivity contribution in [2.75, 3.05) is 13.6 Å². The van der Waals surface area contributed by atoms with Gasteiger partial charge in [-0.3, -0.25) is 9.48 Å². The van der Waals surface area contributed by atoms with Gasteiger partial charge in [-0.15, -0.1) is 0 Å². The molecule has 0 fully saturated rings. The Labute approximate surface area is 119 Å². The number of nitrogens with zero attached hydrogens (tertiary/aromatic N) is 3. The Bertz CT molecular complexity index is 591. The van der Waals surface area contributed by atoms with Gasteiger partial charge in [0.1, 0.15) is 0 Å². The summed E-state index contributed by atoms with van der Waals surface area (Å²) in [5.41, 5.74) is 8.33. The van der Waals surface area contributed by atoms with E-state index in [0.29, 0.717) is 19.5 Å². The van der Waals surface area contributed by atoms with Crippen LogP contribution in [0, 0.1) is 0 Å². The van der Waals surface area contributed by atoms with Gasteiger partial charge in [-0.05, 0) is 24.6 Å². The number of nitrogens with two attached hydrogens (primary N) is 1. The van der Waals surface area contributed by atoms with Crippen molar-refractivity contribution in [2.24, 2.45) is 12.8 Å². The van der Waals surface area contributed by atoms with Crippen molar-refractivity contribution < 1.29 is 4.79 Å². The Morgan fingerprint density at radius 3 is 2.80 bits per heavy atom. The van der Waals surface area contributed by atoms with Crippen LogP contribution in [-0.4, -0.2) is 34.2 Å². The zero-order valence-electron chi connectivity index (χ0n) is 11.9. The number of carbonyl (C=O) groups excluding carboxylic acids is 1. The van der Waals surface area contributed by atoms with E-state index >= 15 is 0 Å². The second kappa shape index (κ2) is 6.34. The van der Waals surface area contributed by atoms with Crippen molar-refractivity contribution in [1.29, 1.82) is 0 Å². The highest BCUT2D eigenvalue weighted by molar-refractivity contribution is 5.95. The van der Waals surface area contributed by atoms with Crippen LogP contribution in [0.25, 0.3) is 0 Å². The average molecular weight is 272 g/mol. The minimum absolute atomic E-state index is 0.0119. The Hall–Kier alpha value is -2.14. The van der Waals surface area contributed by atoms with Gasteiger partial charge < -0.3 is 10.6 Å². The molecule has 2 N–H and O–H groups in total. The number of hydrogen-bond donors (Lipinski definition) is 1. The number of rotatable bonds is 5. The Morgan fingerprint density at radius 2 is 2.15 bits per heavy atom. The molecule has 0 aliphatic heterocycles. The minimum atomic E-state index is 0.0119. The van der Waals surface area contributed by atoms with Crippen molar-refractivity contribution in [2.45, 2.75) is 13.0 Å². The van der Waals surface area contributed by atoms with Crippen LogP contribution in [0.5, 0.6) is 0 Å². The van der Waals surface area contributed by atoms with Gasteiger partial charge in [0.2, 0.25) is 0 Å². The van der Waals surface area contributed by atoms with E-state index in [1.54, 1.807) is 22.8 Å². The SMILES string of the molecule is CN(Cc1cnn(C)c1)C(=O)c1ccccc1CCN. The lowest BCUT2D eigenvalue weighted by atomic mass is 10.0. The zero-order chi connectivity index (χ0) is 14.5. The van der Waals surface area contributed by atoms with Crippen LogP contribution in [0.3, 0.4) is 0 Å². The first kappa shape index (κ1) is 14.3. The molecule has 0 aliphatic carbocycles. The van der Waals surface area contributed by atoms with Crippen LogP contribution in [-0.2, 0) is 20.0 Å². The van der Waals surface area contributed by atoms with E-state index in [9.17, 15) is 4.79 Å². The molecule has 0 atom stereocenters. The minimum Gasteiger partial charge on any atom is -0.337 e. The van der Waals surface area contributed by atoms with Crippen LogP contribution >= 0.6 is 0 Å². The summed E-state index contributed by atoms with van der Waals surface area (Å²) < 4.78 is 1.73. The first-order valence-electron chi connectivity index (χ1n) is 6.62. The molecule has 0 bridgehead atoms. The molecule has 5 heteroatoms. The molecular formula is C15H20N4O. The third kappa shape index (κ3) is 3.24. The Kier molecular flexibility index (Phi) is 4.53. The molecule has 20 heavy (non-hydrogen) atoms. The first-order chi connectivity index (χ1) is 9.61. The third-order valence-electron chi connectivity index (χ3n) is 3.19. The molecule has 2 aromatic rings. The van der Waals surface area contributed by atoms with Gasteiger partial charge >= 0.3 is 0 Å².